The molecule has 1 saturated carbocycles. The Morgan fingerprint density at radius 1 is 1.57 bits per heavy atom. The molecule has 0 aliphatic heterocycles. The van der Waals surface area contributed by atoms with Crippen LogP contribution >= 0.6 is 0 Å². The molecule has 1 fully saturated rings. The topological polar surface area (TPSA) is 50.9 Å². The predicted molar refractivity (Wildman–Crippen MR) is 59.1 cm³/mol. The molecule has 0 amide bonds. The highest BCUT2D eigenvalue weighted by atomic mass is 15.0. The zero-order valence-electron chi connectivity index (χ0n) is 8.59. The number of nitrogen functional groups attached to an aromatic ring is 1. The number of anilines is 2. The summed E-state index contributed by atoms with van der Waals surface area (Å²) in [4.78, 5) is 4.04. The van der Waals surface area contributed by atoms with Gasteiger partial charge in [0.1, 0.15) is 5.82 Å². The fraction of sp³-hybridized carbons (Fsp3) is 0.545. The number of hydrogen-bond acceptors (Lipinski definition) is 3. The standard InChI is InChI=1S/C11H17N3/c1-11(5-3-6-11)8-14-9-4-2-7-13-10(9)12/h2,4,7,14H,3,5-6,8H2,1H3,(H2,12,13). The van der Waals surface area contributed by atoms with E-state index >= 15 is 0 Å². The first-order chi connectivity index (χ1) is 6.70. The highest BCUT2D eigenvalue weighted by Crippen LogP contribution is 2.40. The molecule has 0 saturated heterocycles. The maximum absolute atomic E-state index is 5.74. The second-order valence-corrected chi connectivity index (χ2v) is 4.45. The Morgan fingerprint density at radius 3 is 2.93 bits per heavy atom. The van der Waals surface area contributed by atoms with Crippen molar-refractivity contribution in [3.63, 3.8) is 0 Å². The molecule has 1 aliphatic rings. The zero-order chi connectivity index (χ0) is 10.0. The van der Waals surface area contributed by atoms with E-state index < -0.39 is 0 Å². The highest BCUT2D eigenvalue weighted by molar-refractivity contribution is 5.60. The van der Waals surface area contributed by atoms with Crippen LogP contribution in [-0.4, -0.2) is 11.5 Å². The van der Waals surface area contributed by atoms with E-state index in [-0.39, 0.29) is 0 Å². The number of rotatable bonds is 3. The molecule has 14 heavy (non-hydrogen) atoms. The van der Waals surface area contributed by atoms with Crippen LogP contribution in [0.1, 0.15) is 26.2 Å². The maximum atomic E-state index is 5.74. The van der Waals surface area contributed by atoms with Gasteiger partial charge in [-0.2, -0.15) is 0 Å². The zero-order valence-corrected chi connectivity index (χ0v) is 8.59. The summed E-state index contributed by atoms with van der Waals surface area (Å²) in [6.07, 6.45) is 5.71. The minimum atomic E-state index is 0.474. The average Bonchev–Trinajstić information content (AvgIpc) is 2.14. The third-order valence-corrected chi connectivity index (χ3v) is 3.10. The molecular weight excluding hydrogens is 174 g/mol. The van der Waals surface area contributed by atoms with Crippen molar-refractivity contribution in [1.29, 1.82) is 0 Å². The Hall–Kier alpha value is -1.25. The van der Waals surface area contributed by atoms with Crippen molar-refractivity contribution in [2.24, 2.45) is 5.41 Å². The molecule has 76 valence electrons. The fourth-order valence-corrected chi connectivity index (χ4v) is 1.83. The van der Waals surface area contributed by atoms with Crippen LogP contribution in [0.5, 0.6) is 0 Å². The van der Waals surface area contributed by atoms with Gasteiger partial charge in [0.05, 0.1) is 5.69 Å². The van der Waals surface area contributed by atoms with Gasteiger partial charge in [-0.1, -0.05) is 13.3 Å². The van der Waals surface area contributed by atoms with Crippen LogP contribution in [-0.2, 0) is 0 Å². The largest absolute Gasteiger partial charge is 0.382 e. The van der Waals surface area contributed by atoms with Crippen LogP contribution in [0.3, 0.4) is 0 Å². The molecule has 1 aromatic rings. The number of pyridine rings is 1. The third kappa shape index (κ3) is 1.81. The van der Waals surface area contributed by atoms with Crippen molar-refractivity contribution >= 4 is 11.5 Å². The van der Waals surface area contributed by atoms with E-state index in [0.29, 0.717) is 11.2 Å². The van der Waals surface area contributed by atoms with Crippen molar-refractivity contribution < 1.29 is 0 Å². The van der Waals surface area contributed by atoms with Crippen molar-refractivity contribution in [1.82, 2.24) is 4.98 Å². The highest BCUT2D eigenvalue weighted by Gasteiger charge is 2.31. The van der Waals surface area contributed by atoms with Crippen LogP contribution in [0, 0.1) is 5.41 Å². The Balaban J connectivity index is 1.95. The van der Waals surface area contributed by atoms with Crippen LogP contribution < -0.4 is 11.1 Å². The summed E-state index contributed by atoms with van der Waals surface area (Å²) in [5.41, 5.74) is 7.17. The first kappa shape index (κ1) is 9.31. The molecule has 1 aromatic heterocycles. The Morgan fingerprint density at radius 2 is 2.36 bits per heavy atom. The molecule has 3 nitrogen and oxygen atoms in total. The predicted octanol–water partition coefficient (Wildman–Crippen LogP) is 2.27. The Labute approximate surface area is 84.7 Å². The first-order valence-corrected chi connectivity index (χ1v) is 5.14. The summed E-state index contributed by atoms with van der Waals surface area (Å²) in [7, 11) is 0. The Bertz CT molecular complexity index is 318. The molecule has 0 unspecified atom stereocenters. The molecular formula is C11H17N3. The molecule has 1 heterocycles. The van der Waals surface area contributed by atoms with E-state index in [1.54, 1.807) is 6.20 Å². The SMILES string of the molecule is CC1(CNc2cccnc2N)CCC1. The van der Waals surface area contributed by atoms with Gasteiger partial charge >= 0.3 is 0 Å². The molecule has 2 rings (SSSR count). The van der Waals surface area contributed by atoms with E-state index in [4.69, 9.17) is 5.73 Å². The fourth-order valence-electron chi connectivity index (χ4n) is 1.83. The quantitative estimate of drug-likeness (QED) is 0.770. The van der Waals surface area contributed by atoms with Gasteiger partial charge in [0, 0.05) is 12.7 Å². The maximum Gasteiger partial charge on any atom is 0.146 e. The molecule has 0 bridgehead atoms. The second-order valence-electron chi connectivity index (χ2n) is 4.45. The minimum absolute atomic E-state index is 0.474. The van der Waals surface area contributed by atoms with Crippen molar-refractivity contribution in [3.8, 4) is 0 Å². The van der Waals surface area contributed by atoms with Crippen LogP contribution in [0.4, 0.5) is 11.5 Å². The molecule has 0 radical (unpaired) electrons. The molecule has 1 aliphatic carbocycles. The van der Waals surface area contributed by atoms with Gasteiger partial charge in [-0.05, 0) is 30.4 Å². The van der Waals surface area contributed by atoms with Gasteiger partial charge in [0.2, 0.25) is 0 Å². The molecule has 0 spiro atoms. The van der Waals surface area contributed by atoms with Gasteiger partial charge in [-0.15, -0.1) is 0 Å². The number of nitrogens with zero attached hydrogens (tertiary/aromatic N) is 1. The summed E-state index contributed by atoms with van der Waals surface area (Å²) in [5.74, 6) is 0.593. The van der Waals surface area contributed by atoms with Crippen LogP contribution in [0.25, 0.3) is 0 Å². The van der Waals surface area contributed by atoms with Crippen molar-refractivity contribution in [3.05, 3.63) is 18.3 Å². The van der Waals surface area contributed by atoms with E-state index in [1.165, 1.54) is 19.3 Å². The van der Waals surface area contributed by atoms with Gasteiger partial charge in [0.15, 0.2) is 0 Å². The number of nitrogens with one attached hydrogen (secondary N) is 1. The molecule has 3 heteroatoms. The van der Waals surface area contributed by atoms with Gasteiger partial charge in [-0.3, -0.25) is 0 Å². The summed E-state index contributed by atoms with van der Waals surface area (Å²) < 4.78 is 0. The lowest BCUT2D eigenvalue weighted by atomic mass is 9.70. The molecule has 3 N–H and O–H groups in total. The summed E-state index contributed by atoms with van der Waals surface area (Å²) in [6.45, 7) is 3.32. The van der Waals surface area contributed by atoms with Crippen molar-refractivity contribution in [2.45, 2.75) is 26.2 Å². The molecule has 0 aromatic carbocycles. The lowest BCUT2D eigenvalue weighted by Gasteiger charge is -2.38. The van der Waals surface area contributed by atoms with E-state index in [2.05, 4.69) is 17.2 Å². The summed E-state index contributed by atoms with van der Waals surface area (Å²) in [5, 5.41) is 3.37. The number of aromatic nitrogens is 1. The molecule has 0 atom stereocenters. The average molecular weight is 191 g/mol. The lowest BCUT2D eigenvalue weighted by molar-refractivity contribution is 0.180. The number of hydrogen-bond donors (Lipinski definition) is 2. The summed E-state index contributed by atoms with van der Waals surface area (Å²) in [6, 6.07) is 3.88. The minimum Gasteiger partial charge on any atom is -0.382 e. The van der Waals surface area contributed by atoms with Crippen LogP contribution in [0.15, 0.2) is 18.3 Å². The van der Waals surface area contributed by atoms with E-state index in [0.717, 1.165) is 12.2 Å². The monoisotopic (exact) mass is 191 g/mol. The Kier molecular flexibility index (Phi) is 2.32. The summed E-state index contributed by atoms with van der Waals surface area (Å²) >= 11 is 0. The van der Waals surface area contributed by atoms with E-state index in [9.17, 15) is 0 Å². The first-order valence-electron chi connectivity index (χ1n) is 5.14. The second kappa shape index (κ2) is 3.48. The van der Waals surface area contributed by atoms with Gasteiger partial charge in [0.25, 0.3) is 0 Å². The smallest absolute Gasteiger partial charge is 0.146 e. The van der Waals surface area contributed by atoms with E-state index in [1.807, 2.05) is 12.1 Å². The normalized spacial score (nSPS) is 18.6. The van der Waals surface area contributed by atoms with Crippen molar-refractivity contribution in [2.75, 3.05) is 17.6 Å². The number of nitrogens with two attached hydrogens (primary N) is 1. The lowest BCUT2D eigenvalue weighted by Crippen LogP contribution is -2.33. The third-order valence-electron chi connectivity index (χ3n) is 3.10. The van der Waals surface area contributed by atoms with Crippen LogP contribution in [0.2, 0.25) is 0 Å². The van der Waals surface area contributed by atoms with Gasteiger partial charge < -0.3 is 11.1 Å². The van der Waals surface area contributed by atoms with Gasteiger partial charge in [-0.25, -0.2) is 4.98 Å².